The van der Waals surface area contributed by atoms with Gasteiger partial charge >= 0.3 is 0 Å². The summed E-state index contributed by atoms with van der Waals surface area (Å²) < 4.78 is 0. The van der Waals surface area contributed by atoms with Crippen LogP contribution in [-0.4, -0.2) is 29.9 Å². The average molecular weight is 222 g/mol. The van der Waals surface area contributed by atoms with Crippen LogP contribution in [0, 0.1) is 0 Å². The molecule has 1 aliphatic heterocycles. The molecule has 0 spiro atoms. The molecule has 1 amide bonds. The van der Waals surface area contributed by atoms with Crippen molar-refractivity contribution in [1.29, 1.82) is 0 Å². The van der Waals surface area contributed by atoms with Gasteiger partial charge in [-0.15, -0.1) is 0 Å². The first-order valence-electron chi connectivity index (χ1n) is 6.47. The fourth-order valence-electron chi connectivity index (χ4n) is 2.52. The summed E-state index contributed by atoms with van der Waals surface area (Å²) >= 11 is 0. The smallest absolute Gasteiger partial charge is 0.226 e. The van der Waals surface area contributed by atoms with Gasteiger partial charge in [0, 0.05) is 25.6 Å². The van der Waals surface area contributed by atoms with Gasteiger partial charge in [0.15, 0.2) is 0 Å². The van der Waals surface area contributed by atoms with Gasteiger partial charge in [0.05, 0.1) is 0 Å². The molecule has 3 nitrogen and oxygen atoms in total. The van der Waals surface area contributed by atoms with Crippen molar-refractivity contribution in [3.05, 3.63) is 11.6 Å². The molecular formula is C13H22N2O. The Kier molecular flexibility index (Phi) is 3.99. The van der Waals surface area contributed by atoms with Crippen molar-refractivity contribution in [1.82, 2.24) is 4.90 Å². The number of carbonyl (C=O) groups excluding carboxylic acids is 1. The van der Waals surface area contributed by atoms with Crippen molar-refractivity contribution >= 4 is 5.91 Å². The molecule has 0 radical (unpaired) electrons. The van der Waals surface area contributed by atoms with Crippen LogP contribution in [0.3, 0.4) is 0 Å². The molecule has 1 fully saturated rings. The number of nitrogens with two attached hydrogens (primary N) is 1. The Bertz CT molecular complexity index is 278. The summed E-state index contributed by atoms with van der Waals surface area (Å²) in [7, 11) is 0. The third-order valence-corrected chi connectivity index (χ3v) is 3.66. The Labute approximate surface area is 97.7 Å². The molecule has 1 heterocycles. The topological polar surface area (TPSA) is 46.3 Å². The van der Waals surface area contributed by atoms with E-state index in [4.69, 9.17) is 5.73 Å². The van der Waals surface area contributed by atoms with Gasteiger partial charge in [0.2, 0.25) is 5.91 Å². The van der Waals surface area contributed by atoms with Crippen LogP contribution in [0.1, 0.15) is 44.9 Å². The average Bonchev–Trinajstić information content (AvgIpc) is 2.31. The van der Waals surface area contributed by atoms with Gasteiger partial charge in [-0.05, 0) is 38.5 Å². The highest BCUT2D eigenvalue weighted by atomic mass is 16.2. The first-order valence-corrected chi connectivity index (χ1v) is 6.47. The van der Waals surface area contributed by atoms with Crippen LogP contribution >= 0.6 is 0 Å². The molecule has 0 saturated carbocycles. The molecule has 1 saturated heterocycles. The van der Waals surface area contributed by atoms with Gasteiger partial charge in [-0.3, -0.25) is 4.79 Å². The molecule has 1 aliphatic carbocycles. The zero-order chi connectivity index (χ0) is 11.4. The van der Waals surface area contributed by atoms with Gasteiger partial charge in [0.25, 0.3) is 0 Å². The van der Waals surface area contributed by atoms with E-state index in [1.54, 1.807) is 0 Å². The van der Waals surface area contributed by atoms with Crippen LogP contribution in [0.15, 0.2) is 11.6 Å². The van der Waals surface area contributed by atoms with Crippen molar-refractivity contribution in [3.63, 3.8) is 0 Å². The maximum Gasteiger partial charge on any atom is 0.226 e. The van der Waals surface area contributed by atoms with Crippen molar-refractivity contribution in [3.8, 4) is 0 Å². The SMILES string of the molecule is NC1CCN(C(=O)CC2=CCCCC2)CC1. The van der Waals surface area contributed by atoms with E-state index in [1.807, 2.05) is 4.90 Å². The number of allylic oxidation sites excluding steroid dienone is 1. The third-order valence-electron chi connectivity index (χ3n) is 3.66. The van der Waals surface area contributed by atoms with Gasteiger partial charge in [-0.2, -0.15) is 0 Å². The highest BCUT2D eigenvalue weighted by molar-refractivity contribution is 5.78. The maximum absolute atomic E-state index is 12.0. The predicted octanol–water partition coefficient (Wildman–Crippen LogP) is 1.83. The van der Waals surface area contributed by atoms with E-state index in [0.29, 0.717) is 18.4 Å². The number of piperidine rings is 1. The quantitative estimate of drug-likeness (QED) is 0.724. The number of hydrogen-bond acceptors (Lipinski definition) is 2. The van der Waals surface area contributed by atoms with E-state index in [2.05, 4.69) is 6.08 Å². The first kappa shape index (κ1) is 11.6. The van der Waals surface area contributed by atoms with Crippen LogP contribution < -0.4 is 5.73 Å². The number of hydrogen-bond donors (Lipinski definition) is 1. The molecule has 0 aromatic rings. The Morgan fingerprint density at radius 2 is 2.12 bits per heavy atom. The Morgan fingerprint density at radius 3 is 2.75 bits per heavy atom. The fourth-order valence-corrected chi connectivity index (χ4v) is 2.52. The fraction of sp³-hybridized carbons (Fsp3) is 0.769. The predicted molar refractivity (Wildman–Crippen MR) is 65.0 cm³/mol. The Hall–Kier alpha value is -0.830. The summed E-state index contributed by atoms with van der Waals surface area (Å²) in [6, 6.07) is 0.304. The van der Waals surface area contributed by atoms with Crippen LogP contribution in [-0.2, 0) is 4.79 Å². The Balaban J connectivity index is 1.81. The van der Waals surface area contributed by atoms with Crippen LogP contribution in [0.2, 0.25) is 0 Å². The second-order valence-corrected chi connectivity index (χ2v) is 5.00. The highest BCUT2D eigenvalue weighted by Crippen LogP contribution is 2.21. The van der Waals surface area contributed by atoms with Gasteiger partial charge < -0.3 is 10.6 Å². The molecule has 2 rings (SSSR count). The first-order chi connectivity index (χ1) is 7.75. The summed E-state index contributed by atoms with van der Waals surface area (Å²) in [5.41, 5.74) is 7.18. The minimum absolute atomic E-state index is 0.304. The van der Waals surface area contributed by atoms with E-state index >= 15 is 0 Å². The zero-order valence-electron chi connectivity index (χ0n) is 9.95. The zero-order valence-corrected chi connectivity index (χ0v) is 9.95. The van der Waals surface area contributed by atoms with Crippen LogP contribution in [0.25, 0.3) is 0 Å². The lowest BCUT2D eigenvalue weighted by molar-refractivity contribution is -0.131. The lowest BCUT2D eigenvalue weighted by atomic mass is 9.96. The molecule has 0 aromatic heterocycles. The van der Waals surface area contributed by atoms with Gasteiger partial charge in [-0.25, -0.2) is 0 Å². The molecule has 2 N–H and O–H groups in total. The standard InChI is InChI=1S/C13H22N2O/c14-12-6-8-15(9-7-12)13(16)10-11-4-2-1-3-5-11/h4,12H,1-3,5-10,14H2. The summed E-state index contributed by atoms with van der Waals surface area (Å²) in [5, 5.41) is 0. The van der Waals surface area contributed by atoms with E-state index < -0.39 is 0 Å². The highest BCUT2D eigenvalue weighted by Gasteiger charge is 2.21. The van der Waals surface area contributed by atoms with Crippen LogP contribution in [0.5, 0.6) is 0 Å². The van der Waals surface area contributed by atoms with E-state index in [0.717, 1.165) is 38.8 Å². The molecule has 3 heteroatoms. The van der Waals surface area contributed by atoms with Gasteiger partial charge in [-0.1, -0.05) is 11.6 Å². The lowest BCUT2D eigenvalue weighted by Crippen LogP contribution is -2.42. The van der Waals surface area contributed by atoms with Crippen molar-refractivity contribution in [2.24, 2.45) is 5.73 Å². The number of rotatable bonds is 2. The molecule has 0 aromatic carbocycles. The van der Waals surface area contributed by atoms with E-state index in [1.165, 1.54) is 18.4 Å². The van der Waals surface area contributed by atoms with Crippen LogP contribution in [0.4, 0.5) is 0 Å². The molecule has 16 heavy (non-hydrogen) atoms. The normalized spacial score (nSPS) is 23.1. The number of amides is 1. The summed E-state index contributed by atoms with van der Waals surface area (Å²) in [6.07, 6.45) is 9.66. The Morgan fingerprint density at radius 1 is 1.38 bits per heavy atom. The van der Waals surface area contributed by atoms with Gasteiger partial charge in [0.1, 0.15) is 0 Å². The largest absolute Gasteiger partial charge is 0.342 e. The number of carbonyl (C=O) groups is 1. The third kappa shape index (κ3) is 3.08. The molecule has 90 valence electrons. The molecule has 0 atom stereocenters. The second kappa shape index (κ2) is 5.48. The minimum atomic E-state index is 0.304. The monoisotopic (exact) mass is 222 g/mol. The number of nitrogens with zero attached hydrogens (tertiary/aromatic N) is 1. The second-order valence-electron chi connectivity index (χ2n) is 5.00. The van der Waals surface area contributed by atoms with E-state index in [9.17, 15) is 4.79 Å². The van der Waals surface area contributed by atoms with E-state index in [-0.39, 0.29) is 0 Å². The number of likely N-dealkylation sites (tertiary alicyclic amines) is 1. The lowest BCUT2D eigenvalue weighted by Gasteiger charge is -2.30. The molecule has 2 aliphatic rings. The van der Waals surface area contributed by atoms with Crippen molar-refractivity contribution < 1.29 is 4.79 Å². The minimum Gasteiger partial charge on any atom is -0.342 e. The van der Waals surface area contributed by atoms with Crippen molar-refractivity contribution in [2.45, 2.75) is 51.0 Å². The molecule has 0 bridgehead atoms. The van der Waals surface area contributed by atoms with Crippen molar-refractivity contribution in [2.75, 3.05) is 13.1 Å². The molecular weight excluding hydrogens is 200 g/mol. The summed E-state index contributed by atoms with van der Waals surface area (Å²) in [6.45, 7) is 1.71. The summed E-state index contributed by atoms with van der Waals surface area (Å²) in [4.78, 5) is 14.0. The maximum atomic E-state index is 12.0. The summed E-state index contributed by atoms with van der Waals surface area (Å²) in [5.74, 6) is 0.306. The molecule has 0 unspecified atom stereocenters.